The third kappa shape index (κ3) is 4.58. The van der Waals surface area contributed by atoms with Crippen molar-refractivity contribution in [3.8, 4) is 11.1 Å². The fraction of sp³-hybridized carbons (Fsp3) is 0.353. The van der Waals surface area contributed by atoms with E-state index in [0.717, 1.165) is 0 Å². The van der Waals surface area contributed by atoms with Gasteiger partial charge < -0.3 is 14.0 Å². The van der Waals surface area contributed by atoms with Crippen LogP contribution in [-0.4, -0.2) is 29.9 Å². The van der Waals surface area contributed by atoms with E-state index in [9.17, 15) is 9.59 Å². The van der Waals surface area contributed by atoms with E-state index in [1.807, 2.05) is 6.07 Å². The van der Waals surface area contributed by atoms with Gasteiger partial charge in [-0.1, -0.05) is 23.4 Å². The lowest BCUT2D eigenvalue weighted by atomic mass is 10.0. The topological polar surface area (TPSA) is 90.7 Å². The molecule has 0 saturated carbocycles. The molecule has 1 N–H and O–H groups in total. The van der Waals surface area contributed by atoms with Gasteiger partial charge in [-0.25, -0.2) is 4.79 Å². The Bertz CT molecular complexity index is 731. The fourth-order valence-corrected chi connectivity index (χ4v) is 2.06. The number of nitrogens with zero attached hydrogens (tertiary/aromatic N) is 1. The van der Waals surface area contributed by atoms with Crippen LogP contribution in [0.25, 0.3) is 11.1 Å². The van der Waals surface area contributed by atoms with E-state index >= 15 is 0 Å². The van der Waals surface area contributed by atoms with Gasteiger partial charge in [0.05, 0.1) is 19.2 Å². The molecule has 1 aromatic carbocycles. The molecule has 0 aliphatic heterocycles. The van der Waals surface area contributed by atoms with Crippen molar-refractivity contribution >= 4 is 17.7 Å². The van der Waals surface area contributed by atoms with Crippen LogP contribution in [0.15, 0.2) is 35.1 Å². The van der Waals surface area contributed by atoms with Crippen molar-refractivity contribution in [3.05, 3.63) is 36.2 Å². The van der Waals surface area contributed by atoms with Crippen molar-refractivity contribution in [2.75, 3.05) is 12.4 Å². The fourth-order valence-electron chi connectivity index (χ4n) is 2.06. The van der Waals surface area contributed by atoms with Gasteiger partial charge in [-0.15, -0.1) is 0 Å². The van der Waals surface area contributed by atoms with Gasteiger partial charge in [-0.2, -0.15) is 0 Å². The van der Waals surface area contributed by atoms with E-state index in [2.05, 4.69) is 15.2 Å². The molecule has 0 unspecified atom stereocenters. The molecular formula is C17H20N2O5. The highest BCUT2D eigenvalue weighted by Gasteiger charge is 2.20. The van der Waals surface area contributed by atoms with Crippen LogP contribution in [0.1, 0.15) is 26.5 Å². The molecule has 0 radical (unpaired) electrons. The second-order valence-corrected chi connectivity index (χ2v) is 6.10. The number of hydrogen-bond acceptors (Lipinski definition) is 6. The maximum absolute atomic E-state index is 12.0. The Morgan fingerprint density at radius 2 is 1.92 bits per heavy atom. The van der Waals surface area contributed by atoms with Crippen molar-refractivity contribution in [3.63, 3.8) is 0 Å². The highest BCUT2D eigenvalue weighted by Crippen LogP contribution is 2.31. The molecule has 128 valence electrons. The van der Waals surface area contributed by atoms with Gasteiger partial charge in [0.25, 0.3) is 0 Å². The Labute approximate surface area is 139 Å². The third-order valence-electron chi connectivity index (χ3n) is 3.04. The second-order valence-electron chi connectivity index (χ2n) is 6.10. The van der Waals surface area contributed by atoms with Gasteiger partial charge >= 0.3 is 12.1 Å². The van der Waals surface area contributed by atoms with Crippen molar-refractivity contribution in [1.29, 1.82) is 0 Å². The van der Waals surface area contributed by atoms with Gasteiger partial charge in [-0.05, 0) is 26.8 Å². The Morgan fingerprint density at radius 1 is 1.21 bits per heavy atom. The van der Waals surface area contributed by atoms with Crippen LogP contribution in [0.4, 0.5) is 10.5 Å². The smallest absolute Gasteiger partial charge is 0.412 e. The average Bonchev–Trinajstić information content (AvgIpc) is 2.93. The normalized spacial score (nSPS) is 11.0. The second kappa shape index (κ2) is 7.16. The molecule has 7 heteroatoms. The SMILES string of the molecule is COC(=O)Cc1nocc1-c1ccccc1NC(=O)OC(C)(C)C. The molecule has 1 amide bonds. The zero-order valence-electron chi connectivity index (χ0n) is 14.1. The summed E-state index contributed by atoms with van der Waals surface area (Å²) < 4.78 is 14.9. The molecule has 2 aromatic rings. The lowest BCUT2D eigenvalue weighted by Crippen LogP contribution is -2.27. The quantitative estimate of drug-likeness (QED) is 0.863. The first kappa shape index (κ1) is 17.5. The standard InChI is InChI=1S/C17H20N2O5/c1-17(2,3)24-16(21)18-13-8-6-5-7-11(13)12-10-23-19-14(12)9-15(20)22-4/h5-8,10H,9H2,1-4H3,(H,18,21). The van der Waals surface area contributed by atoms with E-state index in [4.69, 9.17) is 9.26 Å². The number of rotatable bonds is 4. The van der Waals surface area contributed by atoms with Gasteiger partial charge in [0.1, 0.15) is 17.6 Å². The number of benzene rings is 1. The number of para-hydroxylation sites is 1. The van der Waals surface area contributed by atoms with Crippen LogP contribution in [-0.2, 0) is 20.7 Å². The van der Waals surface area contributed by atoms with Crippen LogP contribution < -0.4 is 5.32 Å². The highest BCUT2D eigenvalue weighted by molar-refractivity contribution is 5.92. The van der Waals surface area contributed by atoms with Crippen LogP contribution in [0.2, 0.25) is 0 Å². The van der Waals surface area contributed by atoms with Crippen LogP contribution in [0.5, 0.6) is 0 Å². The minimum atomic E-state index is -0.605. The lowest BCUT2D eigenvalue weighted by Gasteiger charge is -2.20. The average molecular weight is 332 g/mol. The van der Waals surface area contributed by atoms with Gasteiger partial charge in [0, 0.05) is 11.1 Å². The molecule has 1 heterocycles. The summed E-state index contributed by atoms with van der Waals surface area (Å²) in [5.74, 6) is -0.428. The molecule has 0 aliphatic rings. The maximum atomic E-state index is 12.0. The summed E-state index contributed by atoms with van der Waals surface area (Å²) in [6, 6.07) is 7.11. The zero-order valence-corrected chi connectivity index (χ0v) is 14.1. The largest absolute Gasteiger partial charge is 0.469 e. The van der Waals surface area contributed by atoms with Crippen molar-refractivity contribution in [2.24, 2.45) is 0 Å². The number of methoxy groups -OCH3 is 1. The van der Waals surface area contributed by atoms with Crippen molar-refractivity contribution in [1.82, 2.24) is 5.16 Å². The Morgan fingerprint density at radius 3 is 2.58 bits per heavy atom. The number of esters is 1. The number of ether oxygens (including phenoxy) is 2. The monoisotopic (exact) mass is 332 g/mol. The van der Waals surface area contributed by atoms with E-state index < -0.39 is 17.7 Å². The molecule has 2 rings (SSSR count). The highest BCUT2D eigenvalue weighted by atomic mass is 16.6. The summed E-state index contributed by atoms with van der Waals surface area (Å²) in [5, 5.41) is 6.54. The maximum Gasteiger partial charge on any atom is 0.412 e. The van der Waals surface area contributed by atoms with E-state index in [0.29, 0.717) is 22.5 Å². The van der Waals surface area contributed by atoms with Crippen molar-refractivity contribution in [2.45, 2.75) is 32.8 Å². The molecule has 1 aromatic heterocycles. The van der Waals surface area contributed by atoms with Crippen LogP contribution in [0.3, 0.4) is 0 Å². The first-order chi connectivity index (χ1) is 11.3. The minimum absolute atomic E-state index is 0.0247. The number of carbonyl (C=O) groups excluding carboxylic acids is 2. The summed E-state index contributed by atoms with van der Waals surface area (Å²) >= 11 is 0. The number of anilines is 1. The minimum Gasteiger partial charge on any atom is -0.469 e. The Balaban J connectivity index is 2.28. The van der Waals surface area contributed by atoms with E-state index in [1.165, 1.54) is 13.4 Å². The molecule has 0 bridgehead atoms. The molecule has 24 heavy (non-hydrogen) atoms. The Hall–Kier alpha value is -2.83. The molecule has 0 aliphatic carbocycles. The zero-order chi connectivity index (χ0) is 17.7. The predicted molar refractivity (Wildman–Crippen MR) is 87.5 cm³/mol. The summed E-state index contributed by atoms with van der Waals surface area (Å²) in [5.41, 5.74) is 1.63. The summed E-state index contributed by atoms with van der Waals surface area (Å²) in [6.07, 6.45) is 0.831. The van der Waals surface area contributed by atoms with Crippen molar-refractivity contribution < 1.29 is 23.6 Å². The molecule has 7 nitrogen and oxygen atoms in total. The third-order valence-corrected chi connectivity index (χ3v) is 3.04. The van der Waals surface area contributed by atoms with Gasteiger partial charge in [-0.3, -0.25) is 10.1 Å². The van der Waals surface area contributed by atoms with Crippen LogP contribution in [0, 0.1) is 0 Å². The number of nitrogens with one attached hydrogen (secondary N) is 1. The van der Waals surface area contributed by atoms with E-state index in [1.54, 1.807) is 39.0 Å². The number of aromatic nitrogens is 1. The molecule has 0 saturated heterocycles. The number of hydrogen-bond donors (Lipinski definition) is 1. The molecule has 0 spiro atoms. The summed E-state index contributed by atoms with van der Waals surface area (Å²) in [4.78, 5) is 23.5. The lowest BCUT2D eigenvalue weighted by molar-refractivity contribution is -0.139. The van der Waals surface area contributed by atoms with Crippen LogP contribution >= 0.6 is 0 Å². The number of carbonyl (C=O) groups is 2. The predicted octanol–water partition coefficient (Wildman–Crippen LogP) is 3.40. The number of amides is 1. The van der Waals surface area contributed by atoms with Gasteiger partial charge in [0.15, 0.2) is 0 Å². The first-order valence-corrected chi connectivity index (χ1v) is 7.39. The molecular weight excluding hydrogens is 312 g/mol. The van der Waals surface area contributed by atoms with E-state index in [-0.39, 0.29) is 6.42 Å². The molecule has 0 fully saturated rings. The summed E-state index contributed by atoms with van der Waals surface area (Å²) in [7, 11) is 1.31. The summed E-state index contributed by atoms with van der Waals surface area (Å²) in [6.45, 7) is 5.35. The first-order valence-electron chi connectivity index (χ1n) is 7.39. The van der Waals surface area contributed by atoms with Gasteiger partial charge in [0.2, 0.25) is 0 Å². The Kier molecular flexibility index (Phi) is 5.23. The molecule has 0 atom stereocenters.